The summed E-state index contributed by atoms with van der Waals surface area (Å²) in [6, 6.07) is 43.1. The Kier molecular flexibility index (Phi) is 6.45. The van der Waals surface area contributed by atoms with Gasteiger partial charge in [-0.1, -0.05) is 146 Å². The smallest absolute Gasteiger partial charge is 0.0672 e. The first-order valence-electron chi connectivity index (χ1n) is 12.8. The predicted molar refractivity (Wildman–Crippen MR) is 156 cm³/mol. The Labute approximate surface area is 211 Å². The fourth-order valence-electron chi connectivity index (χ4n) is 5.88. The van der Waals surface area contributed by atoms with E-state index in [4.69, 9.17) is 0 Å². The number of allylic oxidation sites excluding steroid dienone is 2. The average Bonchev–Trinajstić information content (AvgIpc) is 3.22. The largest absolute Gasteiger partial charge is 0.120 e. The highest BCUT2D eigenvalue weighted by Gasteiger charge is 2.47. The van der Waals surface area contributed by atoms with Gasteiger partial charge in [0.05, 0.1) is 0 Å². The number of rotatable bonds is 6. The van der Waals surface area contributed by atoms with Crippen molar-refractivity contribution in [3.05, 3.63) is 143 Å². The summed E-state index contributed by atoms with van der Waals surface area (Å²) in [6.07, 6.45) is 0. The molecule has 1 aliphatic heterocycles. The van der Waals surface area contributed by atoms with Gasteiger partial charge in [0.2, 0.25) is 0 Å². The van der Waals surface area contributed by atoms with Gasteiger partial charge in [0, 0.05) is 0 Å². The normalized spacial score (nSPS) is 15.1. The molecule has 0 radical (unpaired) electrons. The molecule has 1 heteroatoms. The van der Waals surface area contributed by atoms with E-state index in [0.29, 0.717) is 0 Å². The Morgan fingerprint density at radius 3 is 1.09 bits per heavy atom. The van der Waals surface area contributed by atoms with E-state index in [9.17, 15) is 0 Å². The maximum absolute atomic E-state index is 2.43. The van der Waals surface area contributed by atoms with Crippen molar-refractivity contribution in [2.75, 3.05) is 0 Å². The first-order valence-corrected chi connectivity index (χ1v) is 15.2. The van der Waals surface area contributed by atoms with Gasteiger partial charge in [-0.15, -0.1) is 0 Å². The summed E-state index contributed by atoms with van der Waals surface area (Å²) in [5.41, 5.74) is 10.9. The van der Waals surface area contributed by atoms with Crippen molar-refractivity contribution < 1.29 is 0 Å². The third-order valence-corrected chi connectivity index (χ3v) is 13.1. The molecule has 0 amide bonds. The van der Waals surface area contributed by atoms with Crippen LogP contribution < -0.4 is 0 Å². The molecule has 0 atom stereocenters. The summed E-state index contributed by atoms with van der Waals surface area (Å²) in [4.78, 5) is 0. The first kappa shape index (κ1) is 23.3. The molecule has 0 bridgehead atoms. The maximum atomic E-state index is 2.43. The summed E-state index contributed by atoms with van der Waals surface area (Å²) >= 11 is 0. The van der Waals surface area contributed by atoms with Crippen LogP contribution in [-0.2, 0) is 0 Å². The van der Waals surface area contributed by atoms with Crippen molar-refractivity contribution in [1.29, 1.82) is 0 Å². The van der Waals surface area contributed by atoms with Gasteiger partial charge < -0.3 is 0 Å². The number of hydrogen-bond acceptors (Lipinski definition) is 0. The molecule has 0 saturated heterocycles. The van der Waals surface area contributed by atoms with Crippen molar-refractivity contribution in [1.82, 2.24) is 0 Å². The van der Waals surface area contributed by atoms with Crippen LogP contribution >= 0.6 is 0 Å². The Morgan fingerprint density at radius 2 is 0.771 bits per heavy atom. The van der Waals surface area contributed by atoms with Crippen LogP contribution in [0.25, 0.3) is 21.5 Å². The molecule has 0 aliphatic carbocycles. The molecule has 0 N–H and O–H groups in total. The number of aryl methyl sites for hydroxylation is 2. The third kappa shape index (κ3) is 4.04. The highest BCUT2D eigenvalue weighted by molar-refractivity contribution is 7.14. The van der Waals surface area contributed by atoms with Crippen LogP contribution in [0, 0.1) is 13.8 Å². The van der Waals surface area contributed by atoms with Crippen LogP contribution in [0.1, 0.15) is 47.2 Å². The van der Waals surface area contributed by atoms with Crippen molar-refractivity contribution in [3.8, 4) is 0 Å². The maximum Gasteiger partial charge on any atom is 0.120 e. The minimum atomic E-state index is -2.09. The van der Waals surface area contributed by atoms with Crippen LogP contribution in [0.5, 0.6) is 0 Å². The lowest BCUT2D eigenvalue weighted by molar-refractivity contribution is 1.29. The molecule has 0 nitrogen and oxygen atoms in total. The van der Waals surface area contributed by atoms with Gasteiger partial charge in [-0.05, 0) is 57.6 Å². The van der Waals surface area contributed by atoms with Crippen molar-refractivity contribution in [2.24, 2.45) is 0 Å². The zero-order valence-electron chi connectivity index (χ0n) is 21.3. The van der Waals surface area contributed by atoms with Crippen LogP contribution in [0.3, 0.4) is 0 Å². The molecule has 4 aromatic carbocycles. The second-order valence-electron chi connectivity index (χ2n) is 9.75. The molecule has 0 aromatic heterocycles. The summed E-state index contributed by atoms with van der Waals surface area (Å²) in [7, 11) is -2.09. The monoisotopic (exact) mass is 470 g/mol. The molecular weight excluding hydrogens is 436 g/mol. The molecule has 35 heavy (non-hydrogen) atoms. The second-order valence-corrected chi connectivity index (χ2v) is 14.3. The minimum Gasteiger partial charge on any atom is -0.0672 e. The van der Waals surface area contributed by atoms with Crippen molar-refractivity contribution in [3.63, 3.8) is 0 Å². The van der Waals surface area contributed by atoms with E-state index < -0.39 is 8.07 Å². The fraction of sp³-hybridized carbons (Fsp3) is 0.176. The number of benzene rings is 4. The van der Waals surface area contributed by atoms with Gasteiger partial charge in [0.25, 0.3) is 0 Å². The third-order valence-electron chi connectivity index (χ3n) is 7.72. The van der Waals surface area contributed by atoms with Gasteiger partial charge >= 0.3 is 0 Å². The number of hydrogen-bond donors (Lipinski definition) is 0. The minimum absolute atomic E-state index is 1.18. The van der Waals surface area contributed by atoms with E-state index in [1.165, 1.54) is 56.6 Å². The standard InChI is InChI=1S/C34H34Si/c1-5-35(6-2)33(29-21-17-25(3)18-22-29)31(27-13-9-7-10-14-27)32(28-15-11-8-12-16-28)34(35)30-23-19-26(4)20-24-30/h7-24H,5-6H2,1-4H3. The zero-order valence-corrected chi connectivity index (χ0v) is 22.3. The highest BCUT2D eigenvalue weighted by Crippen LogP contribution is 2.58. The topological polar surface area (TPSA) is 0 Å². The van der Waals surface area contributed by atoms with Crippen LogP contribution in [0.2, 0.25) is 12.1 Å². The molecule has 0 fully saturated rings. The molecule has 0 spiro atoms. The zero-order chi connectivity index (χ0) is 24.4. The molecule has 4 aromatic rings. The molecular formula is C34H34Si. The predicted octanol–water partition coefficient (Wildman–Crippen LogP) is 9.41. The first-order chi connectivity index (χ1) is 17.1. The Morgan fingerprint density at radius 1 is 0.429 bits per heavy atom. The summed E-state index contributed by atoms with van der Waals surface area (Å²) in [5.74, 6) is 0. The van der Waals surface area contributed by atoms with Gasteiger partial charge in [-0.2, -0.15) is 0 Å². The van der Waals surface area contributed by atoms with Crippen LogP contribution in [0.4, 0.5) is 0 Å². The lowest BCUT2D eigenvalue weighted by Crippen LogP contribution is -2.35. The second kappa shape index (κ2) is 9.68. The van der Waals surface area contributed by atoms with Gasteiger partial charge in [-0.25, -0.2) is 0 Å². The van der Waals surface area contributed by atoms with Gasteiger partial charge in [0.1, 0.15) is 8.07 Å². The lowest BCUT2D eigenvalue weighted by atomic mass is 9.89. The van der Waals surface area contributed by atoms with Crippen molar-refractivity contribution >= 4 is 29.6 Å². The SMILES string of the molecule is CC[Si]1(CC)C(c2ccc(C)cc2)=C(c2ccccc2)C(c2ccccc2)=C1c1ccc(C)cc1. The summed E-state index contributed by atoms with van der Waals surface area (Å²) < 4.78 is 0. The van der Waals surface area contributed by atoms with E-state index in [0.717, 1.165) is 0 Å². The molecule has 0 unspecified atom stereocenters. The molecule has 5 rings (SSSR count). The van der Waals surface area contributed by atoms with E-state index in [1.54, 1.807) is 10.4 Å². The highest BCUT2D eigenvalue weighted by atomic mass is 28.3. The lowest BCUT2D eigenvalue weighted by Gasteiger charge is -2.33. The van der Waals surface area contributed by atoms with Gasteiger partial charge in [-0.3, -0.25) is 0 Å². The fourth-order valence-corrected chi connectivity index (χ4v) is 11.0. The molecule has 174 valence electrons. The van der Waals surface area contributed by atoms with E-state index in [-0.39, 0.29) is 0 Å². The summed E-state index contributed by atoms with van der Waals surface area (Å²) in [5, 5.41) is 3.20. The Hall–Kier alpha value is -3.42. The van der Waals surface area contributed by atoms with Crippen LogP contribution in [0.15, 0.2) is 109 Å². The van der Waals surface area contributed by atoms with Crippen LogP contribution in [-0.4, -0.2) is 8.07 Å². The van der Waals surface area contributed by atoms with Gasteiger partial charge in [0.15, 0.2) is 0 Å². The molecule has 1 heterocycles. The average molecular weight is 471 g/mol. The summed E-state index contributed by atoms with van der Waals surface area (Å²) in [6.45, 7) is 9.21. The van der Waals surface area contributed by atoms with Crippen molar-refractivity contribution in [2.45, 2.75) is 39.8 Å². The quantitative estimate of drug-likeness (QED) is 0.246. The molecule has 1 aliphatic rings. The van der Waals surface area contributed by atoms with E-state index >= 15 is 0 Å². The Bertz CT molecular complexity index is 1260. The molecule has 0 saturated carbocycles. The van der Waals surface area contributed by atoms with E-state index in [1.807, 2.05) is 0 Å². The van der Waals surface area contributed by atoms with E-state index in [2.05, 4.69) is 137 Å². The Balaban J connectivity index is 1.95.